The molecule has 1 aliphatic carbocycles. The minimum absolute atomic E-state index is 0.147. The molecule has 0 amide bonds. The highest BCUT2D eigenvalue weighted by Gasteiger charge is 2.33. The Balaban J connectivity index is 1.97. The van der Waals surface area contributed by atoms with E-state index in [1.807, 2.05) is 4.68 Å². The van der Waals surface area contributed by atoms with Gasteiger partial charge in [0.1, 0.15) is 5.82 Å². The third-order valence-corrected chi connectivity index (χ3v) is 3.68. The molecule has 5 heteroatoms. The zero-order valence-electron chi connectivity index (χ0n) is 9.02. The number of carboxylic acid groups (broad SMARTS) is 1. The quantitative estimate of drug-likeness (QED) is 0.758. The average Bonchev–Trinajstić information content (AvgIpc) is 2.73. The number of anilines is 1. The number of aromatic carboxylic acids is 1. The van der Waals surface area contributed by atoms with Gasteiger partial charge in [-0.25, -0.2) is 9.48 Å². The van der Waals surface area contributed by atoms with Gasteiger partial charge >= 0.3 is 5.97 Å². The van der Waals surface area contributed by atoms with Crippen LogP contribution in [0.25, 0.3) is 0 Å². The van der Waals surface area contributed by atoms with E-state index < -0.39 is 5.97 Å². The summed E-state index contributed by atoms with van der Waals surface area (Å²) in [6.45, 7) is 0.954. The maximum atomic E-state index is 10.9. The first-order chi connectivity index (χ1) is 7.75. The highest BCUT2D eigenvalue weighted by molar-refractivity contribution is 5.86. The Hall–Kier alpha value is -1.52. The predicted octanol–water partition coefficient (Wildman–Crippen LogP) is 1.74. The van der Waals surface area contributed by atoms with Gasteiger partial charge in [0, 0.05) is 12.6 Å². The maximum absolute atomic E-state index is 10.9. The third-order valence-electron chi connectivity index (χ3n) is 3.68. The summed E-state index contributed by atoms with van der Waals surface area (Å²) < 4.78 is 1.89. The summed E-state index contributed by atoms with van der Waals surface area (Å²) >= 11 is 0. The van der Waals surface area contributed by atoms with Gasteiger partial charge in [-0.15, -0.1) is 0 Å². The van der Waals surface area contributed by atoms with Gasteiger partial charge < -0.3 is 10.4 Å². The molecule has 0 radical (unpaired) electrons. The van der Waals surface area contributed by atoms with Crippen molar-refractivity contribution in [3.05, 3.63) is 11.8 Å². The number of rotatable bonds is 1. The lowest BCUT2D eigenvalue weighted by Crippen LogP contribution is -2.35. The van der Waals surface area contributed by atoms with Crippen LogP contribution in [-0.4, -0.2) is 27.4 Å². The molecular weight excluding hydrogens is 206 g/mol. The van der Waals surface area contributed by atoms with Gasteiger partial charge in [0.05, 0.1) is 6.04 Å². The molecule has 2 heterocycles. The van der Waals surface area contributed by atoms with Gasteiger partial charge in [0.25, 0.3) is 0 Å². The number of nitrogens with zero attached hydrogens (tertiary/aromatic N) is 2. The lowest BCUT2D eigenvalue weighted by molar-refractivity contribution is 0.0688. The molecular formula is C11H15N3O2. The van der Waals surface area contributed by atoms with Crippen molar-refractivity contribution in [2.75, 3.05) is 11.9 Å². The number of fused-ring (bicyclic) bond motifs is 3. The Kier molecular flexibility index (Phi) is 2.12. The van der Waals surface area contributed by atoms with E-state index >= 15 is 0 Å². The second-order valence-electron chi connectivity index (χ2n) is 4.66. The number of nitrogens with one attached hydrogen (secondary N) is 1. The van der Waals surface area contributed by atoms with Crippen molar-refractivity contribution in [1.82, 2.24) is 9.78 Å². The normalized spacial score (nSPS) is 27.8. The highest BCUT2D eigenvalue weighted by Crippen LogP contribution is 2.38. The fraction of sp³-hybridized carbons (Fsp3) is 0.636. The van der Waals surface area contributed by atoms with Crippen LogP contribution in [0, 0.1) is 5.92 Å². The fourth-order valence-electron chi connectivity index (χ4n) is 2.87. The lowest BCUT2D eigenvalue weighted by atomic mass is 9.83. The summed E-state index contributed by atoms with van der Waals surface area (Å²) in [6.07, 6.45) is 4.85. The van der Waals surface area contributed by atoms with Crippen LogP contribution in [0.4, 0.5) is 5.82 Å². The van der Waals surface area contributed by atoms with Gasteiger partial charge in [-0.3, -0.25) is 0 Å². The standard InChI is InChI=1S/C11H15N3O2/c15-11(16)8-5-10-12-6-7-3-1-2-4-9(7)14(10)13-8/h5,7,9,12H,1-4,6H2,(H,15,16). The second kappa shape index (κ2) is 3.50. The molecule has 0 spiro atoms. The summed E-state index contributed by atoms with van der Waals surface area (Å²) in [4.78, 5) is 10.9. The number of carboxylic acids is 1. The van der Waals surface area contributed by atoms with Crippen LogP contribution >= 0.6 is 0 Å². The van der Waals surface area contributed by atoms with E-state index in [0.717, 1.165) is 18.8 Å². The SMILES string of the molecule is O=C(O)c1cc2n(n1)C1CCCCC1CN2. The summed E-state index contributed by atoms with van der Waals surface area (Å²) in [6, 6.07) is 2.03. The molecule has 2 atom stereocenters. The molecule has 16 heavy (non-hydrogen) atoms. The van der Waals surface area contributed by atoms with Gasteiger partial charge in [0.2, 0.25) is 0 Å². The smallest absolute Gasteiger partial charge is 0.356 e. The Labute approximate surface area is 93.5 Å². The fourth-order valence-corrected chi connectivity index (χ4v) is 2.87. The van der Waals surface area contributed by atoms with E-state index in [1.54, 1.807) is 6.07 Å². The van der Waals surface area contributed by atoms with E-state index in [2.05, 4.69) is 10.4 Å². The molecule has 3 rings (SSSR count). The minimum atomic E-state index is -0.948. The predicted molar refractivity (Wildman–Crippen MR) is 58.7 cm³/mol. The Morgan fingerprint density at radius 1 is 1.50 bits per heavy atom. The Bertz CT molecular complexity index is 427. The molecule has 2 N–H and O–H groups in total. The van der Waals surface area contributed by atoms with Crippen molar-refractivity contribution in [2.45, 2.75) is 31.7 Å². The number of carbonyl (C=O) groups is 1. The minimum Gasteiger partial charge on any atom is -0.476 e. The van der Waals surface area contributed by atoms with Crippen molar-refractivity contribution >= 4 is 11.8 Å². The van der Waals surface area contributed by atoms with Crippen LogP contribution in [0.3, 0.4) is 0 Å². The van der Waals surface area contributed by atoms with E-state index in [4.69, 9.17) is 5.11 Å². The summed E-state index contributed by atoms with van der Waals surface area (Å²) in [5, 5.41) is 16.4. The number of hydrogen-bond donors (Lipinski definition) is 2. The van der Waals surface area contributed by atoms with Crippen molar-refractivity contribution in [3.8, 4) is 0 Å². The molecule has 1 aromatic heterocycles. The summed E-state index contributed by atoms with van der Waals surface area (Å²) in [5.74, 6) is 0.527. The van der Waals surface area contributed by atoms with Crippen LogP contribution in [0.2, 0.25) is 0 Å². The van der Waals surface area contributed by atoms with Crippen LogP contribution in [-0.2, 0) is 0 Å². The molecule has 1 fully saturated rings. The van der Waals surface area contributed by atoms with Crippen molar-refractivity contribution in [1.29, 1.82) is 0 Å². The topological polar surface area (TPSA) is 67.1 Å². The Morgan fingerprint density at radius 3 is 3.12 bits per heavy atom. The van der Waals surface area contributed by atoms with Crippen molar-refractivity contribution < 1.29 is 9.90 Å². The summed E-state index contributed by atoms with van der Waals surface area (Å²) in [7, 11) is 0. The molecule has 0 saturated heterocycles. The molecule has 1 saturated carbocycles. The zero-order chi connectivity index (χ0) is 11.1. The van der Waals surface area contributed by atoms with Crippen LogP contribution in [0.1, 0.15) is 42.2 Å². The molecule has 0 bridgehead atoms. The second-order valence-corrected chi connectivity index (χ2v) is 4.66. The highest BCUT2D eigenvalue weighted by atomic mass is 16.4. The van der Waals surface area contributed by atoms with Crippen LogP contribution in [0.5, 0.6) is 0 Å². The molecule has 2 aliphatic rings. The zero-order valence-corrected chi connectivity index (χ0v) is 9.02. The van der Waals surface area contributed by atoms with E-state index in [-0.39, 0.29) is 5.69 Å². The molecule has 1 aliphatic heterocycles. The first kappa shape index (κ1) is 9.69. The van der Waals surface area contributed by atoms with Gasteiger partial charge in [-0.05, 0) is 18.8 Å². The number of aromatic nitrogens is 2. The Morgan fingerprint density at radius 2 is 2.31 bits per heavy atom. The van der Waals surface area contributed by atoms with Gasteiger partial charge in [-0.2, -0.15) is 5.10 Å². The van der Waals surface area contributed by atoms with Crippen molar-refractivity contribution in [3.63, 3.8) is 0 Å². The third kappa shape index (κ3) is 1.38. The van der Waals surface area contributed by atoms with Gasteiger partial charge in [0.15, 0.2) is 5.69 Å². The summed E-state index contributed by atoms with van der Waals surface area (Å²) in [5.41, 5.74) is 0.147. The molecule has 1 aromatic rings. The first-order valence-corrected chi connectivity index (χ1v) is 5.82. The maximum Gasteiger partial charge on any atom is 0.356 e. The largest absolute Gasteiger partial charge is 0.476 e. The van der Waals surface area contributed by atoms with E-state index in [9.17, 15) is 4.79 Å². The van der Waals surface area contributed by atoms with Crippen molar-refractivity contribution in [2.24, 2.45) is 5.92 Å². The van der Waals surface area contributed by atoms with E-state index in [1.165, 1.54) is 19.3 Å². The van der Waals surface area contributed by atoms with Crippen LogP contribution < -0.4 is 5.32 Å². The average molecular weight is 221 g/mol. The van der Waals surface area contributed by atoms with Crippen LogP contribution in [0.15, 0.2) is 6.07 Å². The molecule has 2 unspecified atom stereocenters. The molecule has 5 nitrogen and oxygen atoms in total. The monoisotopic (exact) mass is 221 g/mol. The van der Waals surface area contributed by atoms with E-state index in [0.29, 0.717) is 12.0 Å². The molecule has 86 valence electrons. The molecule has 0 aromatic carbocycles. The lowest BCUT2D eigenvalue weighted by Gasteiger charge is -2.36. The number of hydrogen-bond acceptors (Lipinski definition) is 3. The first-order valence-electron chi connectivity index (χ1n) is 5.82. The van der Waals surface area contributed by atoms with Gasteiger partial charge in [-0.1, -0.05) is 12.8 Å².